The zero-order valence-corrected chi connectivity index (χ0v) is 7.57. The van der Waals surface area contributed by atoms with Gasteiger partial charge in [0.2, 0.25) is 5.76 Å². The van der Waals surface area contributed by atoms with Gasteiger partial charge in [-0.1, -0.05) is 20.8 Å². The average molecular weight is 193 g/mol. The average Bonchev–Trinajstić information content (AvgIpc) is 2.27. The minimum Gasteiger partial charge on any atom is -0.439 e. The van der Waals surface area contributed by atoms with Crippen LogP contribution in [-0.2, 0) is 11.6 Å². The highest BCUT2D eigenvalue weighted by molar-refractivity contribution is 5.19. The lowest BCUT2D eigenvalue weighted by atomic mass is 9.91. The monoisotopic (exact) mass is 193 g/mol. The first kappa shape index (κ1) is 10.1. The van der Waals surface area contributed by atoms with Crippen LogP contribution in [0, 0.1) is 0 Å². The van der Waals surface area contributed by atoms with E-state index in [1.807, 2.05) is 0 Å². The van der Waals surface area contributed by atoms with Crippen LogP contribution in [0.3, 0.4) is 0 Å². The summed E-state index contributed by atoms with van der Waals surface area (Å²) in [5.74, 6) is -1.000. The highest BCUT2D eigenvalue weighted by Gasteiger charge is 2.41. The summed E-state index contributed by atoms with van der Waals surface area (Å²) in [7, 11) is 0. The van der Waals surface area contributed by atoms with Gasteiger partial charge in [0, 0.05) is 5.41 Å². The molecule has 0 radical (unpaired) electrons. The summed E-state index contributed by atoms with van der Waals surface area (Å²) in [5.41, 5.74) is -0.710. The molecule has 74 valence electrons. The molecule has 2 nitrogen and oxygen atoms in total. The molecule has 1 rings (SSSR count). The van der Waals surface area contributed by atoms with Crippen LogP contribution >= 0.6 is 0 Å². The number of halogens is 3. The highest BCUT2D eigenvalue weighted by Crippen LogP contribution is 2.36. The Bertz CT molecular complexity index is 267. The number of rotatable bonds is 0. The van der Waals surface area contributed by atoms with Gasteiger partial charge in [-0.25, -0.2) is 4.98 Å². The maximum absolute atomic E-state index is 12.3. The lowest BCUT2D eigenvalue weighted by Gasteiger charge is -2.17. The van der Waals surface area contributed by atoms with E-state index in [4.69, 9.17) is 0 Å². The van der Waals surface area contributed by atoms with E-state index in [-0.39, 0.29) is 5.69 Å². The Kier molecular flexibility index (Phi) is 2.13. The first-order valence-electron chi connectivity index (χ1n) is 3.74. The Balaban J connectivity index is 3.19. The number of hydrogen-bond donors (Lipinski definition) is 0. The molecule has 0 N–H and O–H groups in total. The van der Waals surface area contributed by atoms with E-state index >= 15 is 0 Å². The van der Waals surface area contributed by atoms with Gasteiger partial charge in [0.05, 0.1) is 5.69 Å². The number of alkyl halides is 3. The fourth-order valence-corrected chi connectivity index (χ4v) is 0.982. The highest BCUT2D eigenvalue weighted by atomic mass is 19.4. The summed E-state index contributed by atoms with van der Waals surface area (Å²) in [6.45, 7) is 4.96. The Labute approximate surface area is 73.8 Å². The summed E-state index contributed by atoms with van der Waals surface area (Å²) >= 11 is 0. The van der Waals surface area contributed by atoms with Gasteiger partial charge in [-0.05, 0) is 0 Å². The van der Waals surface area contributed by atoms with Crippen molar-refractivity contribution in [3.63, 3.8) is 0 Å². The van der Waals surface area contributed by atoms with Crippen LogP contribution in [0.5, 0.6) is 0 Å². The van der Waals surface area contributed by atoms with Crippen LogP contribution in [0.25, 0.3) is 0 Å². The fourth-order valence-electron chi connectivity index (χ4n) is 0.982. The molecule has 0 amide bonds. The van der Waals surface area contributed by atoms with Gasteiger partial charge in [0.15, 0.2) is 6.39 Å². The molecule has 1 aromatic rings. The fraction of sp³-hybridized carbons (Fsp3) is 0.625. The zero-order chi connectivity index (χ0) is 10.3. The van der Waals surface area contributed by atoms with E-state index in [1.54, 1.807) is 20.8 Å². The van der Waals surface area contributed by atoms with E-state index < -0.39 is 17.4 Å². The number of hydrogen-bond acceptors (Lipinski definition) is 2. The summed E-state index contributed by atoms with van der Waals surface area (Å²) in [6, 6.07) is 0. The van der Waals surface area contributed by atoms with Crippen LogP contribution < -0.4 is 0 Å². The van der Waals surface area contributed by atoms with Crippen molar-refractivity contribution in [3.05, 3.63) is 17.8 Å². The molecule has 0 aliphatic rings. The third-order valence-electron chi connectivity index (χ3n) is 1.54. The van der Waals surface area contributed by atoms with Crippen LogP contribution in [0.2, 0.25) is 0 Å². The van der Waals surface area contributed by atoms with Gasteiger partial charge in [-0.3, -0.25) is 0 Å². The molecule has 5 heteroatoms. The van der Waals surface area contributed by atoms with Crippen molar-refractivity contribution in [1.82, 2.24) is 4.98 Å². The topological polar surface area (TPSA) is 26.0 Å². The van der Waals surface area contributed by atoms with Crippen molar-refractivity contribution in [2.75, 3.05) is 0 Å². The second-order valence-electron chi connectivity index (χ2n) is 3.78. The first-order chi connectivity index (χ1) is 5.73. The molecule has 0 spiro atoms. The number of oxazole rings is 1. The standard InChI is InChI=1S/C8H10F3NO/c1-7(2,3)5-6(8(9,10)11)13-4-12-5/h4H,1-3H3. The largest absolute Gasteiger partial charge is 0.451 e. The summed E-state index contributed by atoms with van der Waals surface area (Å²) in [5, 5.41) is 0. The first-order valence-corrected chi connectivity index (χ1v) is 3.74. The van der Waals surface area contributed by atoms with Crippen molar-refractivity contribution in [2.45, 2.75) is 32.4 Å². The molecule has 0 fully saturated rings. The number of nitrogens with zero attached hydrogens (tertiary/aromatic N) is 1. The second-order valence-corrected chi connectivity index (χ2v) is 3.78. The Morgan fingerprint density at radius 2 is 1.77 bits per heavy atom. The quantitative estimate of drug-likeness (QED) is 0.633. The second kappa shape index (κ2) is 2.75. The molecular weight excluding hydrogens is 183 g/mol. The smallest absolute Gasteiger partial charge is 0.439 e. The van der Waals surface area contributed by atoms with Crippen molar-refractivity contribution in [2.24, 2.45) is 0 Å². The minimum atomic E-state index is -4.46. The predicted octanol–water partition coefficient (Wildman–Crippen LogP) is 2.99. The van der Waals surface area contributed by atoms with Gasteiger partial charge in [0.1, 0.15) is 0 Å². The molecule has 1 heterocycles. The lowest BCUT2D eigenvalue weighted by molar-refractivity contribution is -0.154. The van der Waals surface area contributed by atoms with E-state index in [0.29, 0.717) is 0 Å². The van der Waals surface area contributed by atoms with Gasteiger partial charge in [0.25, 0.3) is 0 Å². The van der Waals surface area contributed by atoms with E-state index in [0.717, 1.165) is 6.39 Å². The van der Waals surface area contributed by atoms with E-state index in [9.17, 15) is 13.2 Å². The van der Waals surface area contributed by atoms with Gasteiger partial charge in [-0.2, -0.15) is 13.2 Å². The van der Waals surface area contributed by atoms with E-state index in [1.165, 1.54) is 0 Å². The molecule has 0 aromatic carbocycles. The molecule has 13 heavy (non-hydrogen) atoms. The van der Waals surface area contributed by atoms with Gasteiger partial charge in [-0.15, -0.1) is 0 Å². The number of aromatic nitrogens is 1. The van der Waals surface area contributed by atoms with Crippen molar-refractivity contribution < 1.29 is 17.6 Å². The predicted molar refractivity (Wildman–Crippen MR) is 40.2 cm³/mol. The Hall–Kier alpha value is -1.00. The van der Waals surface area contributed by atoms with Gasteiger partial charge >= 0.3 is 6.18 Å². The van der Waals surface area contributed by atoms with Crippen LogP contribution in [0.4, 0.5) is 13.2 Å². The minimum absolute atomic E-state index is 0.0556. The molecular formula is C8H10F3NO. The molecule has 0 bridgehead atoms. The third-order valence-corrected chi connectivity index (χ3v) is 1.54. The molecule has 0 unspecified atom stereocenters. The summed E-state index contributed by atoms with van der Waals surface area (Å²) < 4.78 is 41.2. The summed E-state index contributed by atoms with van der Waals surface area (Å²) in [4.78, 5) is 3.57. The maximum atomic E-state index is 12.3. The zero-order valence-electron chi connectivity index (χ0n) is 7.57. The van der Waals surface area contributed by atoms with Crippen molar-refractivity contribution >= 4 is 0 Å². The molecule has 0 aliphatic heterocycles. The van der Waals surface area contributed by atoms with Crippen LogP contribution in [0.15, 0.2) is 10.8 Å². The molecule has 1 aromatic heterocycles. The van der Waals surface area contributed by atoms with Crippen LogP contribution in [-0.4, -0.2) is 4.98 Å². The van der Waals surface area contributed by atoms with Crippen LogP contribution in [0.1, 0.15) is 32.2 Å². The Morgan fingerprint density at radius 1 is 1.23 bits per heavy atom. The summed E-state index contributed by atoms with van der Waals surface area (Å²) in [6.07, 6.45) is -3.64. The van der Waals surface area contributed by atoms with Crippen molar-refractivity contribution in [1.29, 1.82) is 0 Å². The molecule has 0 saturated heterocycles. The Morgan fingerprint density at radius 3 is 2.08 bits per heavy atom. The third kappa shape index (κ3) is 2.02. The SMILES string of the molecule is CC(C)(C)c1ncoc1C(F)(F)F. The van der Waals surface area contributed by atoms with E-state index in [2.05, 4.69) is 9.40 Å². The van der Waals surface area contributed by atoms with Crippen molar-refractivity contribution in [3.8, 4) is 0 Å². The maximum Gasteiger partial charge on any atom is 0.451 e. The normalized spacial score (nSPS) is 13.4. The molecule has 0 atom stereocenters. The molecule has 0 aliphatic carbocycles. The van der Waals surface area contributed by atoms with Gasteiger partial charge < -0.3 is 4.42 Å². The molecule has 0 saturated carbocycles. The lowest BCUT2D eigenvalue weighted by Crippen LogP contribution is -2.18.